The molecule has 0 heterocycles. The number of aromatic hydroxyl groups is 1. The van der Waals surface area contributed by atoms with E-state index >= 15 is 0 Å². The van der Waals surface area contributed by atoms with Crippen molar-refractivity contribution >= 4 is 11.6 Å². The van der Waals surface area contributed by atoms with E-state index in [1.807, 2.05) is 0 Å². The van der Waals surface area contributed by atoms with E-state index in [4.69, 9.17) is 21.1 Å². The Labute approximate surface area is 105 Å². The Morgan fingerprint density at radius 1 is 1.35 bits per heavy atom. The molecule has 1 aromatic rings. The second kappa shape index (κ2) is 4.27. The summed E-state index contributed by atoms with van der Waals surface area (Å²) in [6.07, 6.45) is 1.80. The Morgan fingerprint density at radius 3 is 2.47 bits per heavy atom. The average molecular weight is 259 g/mol. The van der Waals surface area contributed by atoms with Crippen molar-refractivity contribution in [2.45, 2.75) is 24.9 Å². The van der Waals surface area contributed by atoms with Gasteiger partial charge < -0.3 is 19.7 Å². The predicted molar refractivity (Wildman–Crippen MR) is 64.1 cm³/mol. The fourth-order valence-electron chi connectivity index (χ4n) is 1.79. The Balaban J connectivity index is 2.44. The number of methoxy groups -OCH3 is 2. The summed E-state index contributed by atoms with van der Waals surface area (Å²) in [4.78, 5) is 0. The van der Waals surface area contributed by atoms with Gasteiger partial charge in [-0.25, -0.2) is 0 Å². The van der Waals surface area contributed by atoms with Crippen LogP contribution in [0.2, 0.25) is 5.02 Å². The molecule has 0 atom stereocenters. The summed E-state index contributed by atoms with van der Waals surface area (Å²) in [7, 11) is 2.96. The molecule has 5 heteroatoms. The van der Waals surface area contributed by atoms with Gasteiger partial charge in [0.15, 0.2) is 11.5 Å². The first kappa shape index (κ1) is 12.3. The van der Waals surface area contributed by atoms with E-state index in [0.29, 0.717) is 28.5 Å². The maximum atomic E-state index is 9.88. The lowest BCUT2D eigenvalue weighted by Crippen LogP contribution is -2.11. The van der Waals surface area contributed by atoms with Crippen LogP contribution in [-0.4, -0.2) is 30.0 Å². The highest BCUT2D eigenvalue weighted by atomic mass is 35.5. The van der Waals surface area contributed by atoms with Crippen LogP contribution in [0.1, 0.15) is 18.4 Å². The summed E-state index contributed by atoms with van der Waals surface area (Å²) in [6.45, 7) is 0. The molecular formula is C12H15ClO4. The third-order valence-electron chi connectivity index (χ3n) is 3.02. The summed E-state index contributed by atoms with van der Waals surface area (Å²) < 4.78 is 10.2. The Morgan fingerprint density at radius 2 is 2.00 bits per heavy atom. The number of ether oxygens (including phenoxy) is 2. The topological polar surface area (TPSA) is 58.9 Å². The van der Waals surface area contributed by atoms with E-state index in [1.165, 1.54) is 20.3 Å². The summed E-state index contributed by atoms with van der Waals surface area (Å²) >= 11 is 6.16. The van der Waals surface area contributed by atoms with Gasteiger partial charge in [0.25, 0.3) is 0 Å². The van der Waals surface area contributed by atoms with E-state index in [-0.39, 0.29) is 5.75 Å². The quantitative estimate of drug-likeness (QED) is 0.869. The van der Waals surface area contributed by atoms with Crippen molar-refractivity contribution in [1.82, 2.24) is 0 Å². The van der Waals surface area contributed by atoms with Crippen LogP contribution in [0.15, 0.2) is 6.07 Å². The van der Waals surface area contributed by atoms with E-state index in [9.17, 15) is 10.2 Å². The zero-order valence-corrected chi connectivity index (χ0v) is 10.5. The molecule has 1 aliphatic rings. The predicted octanol–water partition coefficient (Wildman–Crippen LogP) is 2.13. The van der Waals surface area contributed by atoms with Crippen LogP contribution in [0.4, 0.5) is 0 Å². The zero-order chi connectivity index (χ0) is 12.6. The summed E-state index contributed by atoms with van der Waals surface area (Å²) in [5.41, 5.74) is -0.218. The van der Waals surface area contributed by atoms with Crippen molar-refractivity contribution in [1.29, 1.82) is 0 Å². The molecule has 0 spiro atoms. The minimum atomic E-state index is -0.722. The van der Waals surface area contributed by atoms with Gasteiger partial charge in [0.1, 0.15) is 5.75 Å². The van der Waals surface area contributed by atoms with Gasteiger partial charge in [-0.1, -0.05) is 11.6 Å². The number of halogens is 1. The molecule has 0 radical (unpaired) electrons. The fourth-order valence-corrected chi connectivity index (χ4v) is 2.13. The number of benzene rings is 1. The van der Waals surface area contributed by atoms with Crippen molar-refractivity contribution < 1.29 is 19.7 Å². The van der Waals surface area contributed by atoms with Crippen molar-refractivity contribution in [3.8, 4) is 17.2 Å². The third-order valence-corrected chi connectivity index (χ3v) is 3.42. The summed E-state index contributed by atoms with van der Waals surface area (Å²) in [6, 6.07) is 1.45. The fraction of sp³-hybridized carbons (Fsp3) is 0.500. The van der Waals surface area contributed by atoms with Gasteiger partial charge >= 0.3 is 0 Å². The third kappa shape index (κ3) is 2.28. The monoisotopic (exact) mass is 258 g/mol. The van der Waals surface area contributed by atoms with Gasteiger partial charge in [-0.2, -0.15) is 0 Å². The van der Waals surface area contributed by atoms with Gasteiger partial charge in [0.05, 0.1) is 24.8 Å². The normalized spacial score (nSPS) is 16.7. The smallest absolute Gasteiger partial charge is 0.179 e. The highest BCUT2D eigenvalue weighted by Crippen LogP contribution is 2.47. The van der Waals surface area contributed by atoms with Crippen LogP contribution in [0.25, 0.3) is 0 Å². The molecule has 0 aliphatic heterocycles. The molecular weight excluding hydrogens is 244 g/mol. The number of rotatable bonds is 4. The molecule has 0 unspecified atom stereocenters. The number of aliphatic hydroxyl groups is 1. The first-order valence-corrected chi connectivity index (χ1v) is 5.73. The first-order valence-electron chi connectivity index (χ1n) is 5.35. The molecule has 1 aromatic carbocycles. The van der Waals surface area contributed by atoms with Crippen LogP contribution in [0.3, 0.4) is 0 Å². The van der Waals surface area contributed by atoms with E-state index in [1.54, 1.807) is 0 Å². The lowest BCUT2D eigenvalue weighted by atomic mass is 10.0. The molecule has 1 aliphatic carbocycles. The van der Waals surface area contributed by atoms with Crippen molar-refractivity contribution in [3.05, 3.63) is 16.7 Å². The Hall–Kier alpha value is -1.13. The van der Waals surface area contributed by atoms with Gasteiger partial charge in [0, 0.05) is 18.1 Å². The zero-order valence-electron chi connectivity index (χ0n) is 9.79. The van der Waals surface area contributed by atoms with Crippen LogP contribution >= 0.6 is 11.6 Å². The van der Waals surface area contributed by atoms with Crippen molar-refractivity contribution in [2.24, 2.45) is 0 Å². The van der Waals surface area contributed by atoms with Gasteiger partial charge in [-0.15, -0.1) is 0 Å². The maximum absolute atomic E-state index is 9.88. The molecule has 2 rings (SSSR count). The average Bonchev–Trinajstić information content (AvgIpc) is 3.02. The molecule has 1 saturated carbocycles. The second-order valence-electron chi connectivity index (χ2n) is 4.32. The van der Waals surface area contributed by atoms with Gasteiger partial charge in [-0.3, -0.25) is 0 Å². The Kier molecular flexibility index (Phi) is 3.10. The highest BCUT2D eigenvalue weighted by molar-refractivity contribution is 6.33. The van der Waals surface area contributed by atoms with Crippen LogP contribution in [-0.2, 0) is 6.42 Å². The van der Waals surface area contributed by atoms with Crippen LogP contribution < -0.4 is 9.47 Å². The summed E-state index contributed by atoms with van der Waals surface area (Å²) in [5, 5.41) is 20.1. The van der Waals surface area contributed by atoms with Gasteiger partial charge in [0.2, 0.25) is 0 Å². The van der Waals surface area contributed by atoms with E-state index in [0.717, 1.165) is 12.8 Å². The van der Waals surface area contributed by atoms with Crippen LogP contribution in [0.5, 0.6) is 17.2 Å². The molecule has 94 valence electrons. The van der Waals surface area contributed by atoms with Gasteiger partial charge in [-0.05, 0) is 12.8 Å². The van der Waals surface area contributed by atoms with E-state index in [2.05, 4.69) is 0 Å². The van der Waals surface area contributed by atoms with E-state index < -0.39 is 5.60 Å². The number of phenols is 1. The SMILES string of the molecule is COc1cc(O)c(CC2(O)CC2)c(Cl)c1OC. The van der Waals surface area contributed by atoms with Crippen molar-refractivity contribution in [3.63, 3.8) is 0 Å². The lowest BCUT2D eigenvalue weighted by Gasteiger charge is -2.16. The van der Waals surface area contributed by atoms with Crippen molar-refractivity contribution in [2.75, 3.05) is 14.2 Å². The lowest BCUT2D eigenvalue weighted by molar-refractivity contribution is 0.150. The minimum Gasteiger partial charge on any atom is -0.507 e. The molecule has 0 bridgehead atoms. The summed E-state index contributed by atoms with van der Waals surface area (Å²) in [5.74, 6) is 0.778. The van der Waals surface area contributed by atoms with Crippen LogP contribution in [0, 0.1) is 0 Å². The molecule has 0 aromatic heterocycles. The molecule has 0 amide bonds. The first-order chi connectivity index (χ1) is 8.00. The largest absolute Gasteiger partial charge is 0.507 e. The number of hydrogen-bond acceptors (Lipinski definition) is 4. The Bertz CT molecular complexity index is 441. The second-order valence-corrected chi connectivity index (χ2v) is 4.70. The molecule has 4 nitrogen and oxygen atoms in total. The molecule has 2 N–H and O–H groups in total. The number of phenolic OH excluding ortho intramolecular Hbond substituents is 1. The highest BCUT2D eigenvalue weighted by Gasteiger charge is 2.41. The molecule has 17 heavy (non-hydrogen) atoms. The maximum Gasteiger partial charge on any atom is 0.179 e. The minimum absolute atomic E-state index is 0.0213. The molecule has 1 fully saturated rings. The number of hydrogen-bond donors (Lipinski definition) is 2. The standard InChI is InChI=1S/C12H15ClO4/c1-16-9-5-8(14)7(6-12(15)3-4-12)10(13)11(9)17-2/h5,14-15H,3-4,6H2,1-2H3. The molecule has 0 saturated heterocycles.